The van der Waals surface area contributed by atoms with Crippen molar-refractivity contribution in [3.05, 3.63) is 23.0 Å². The molecule has 1 aromatic carbocycles. The number of nitrogens with one attached hydrogen (secondary N) is 1. The van der Waals surface area contributed by atoms with Crippen LogP contribution in [0.25, 0.3) is 10.2 Å². The summed E-state index contributed by atoms with van der Waals surface area (Å²) in [7, 11) is 1.60. The maximum atomic E-state index is 11.4. The number of aromatic nitrogens is 1. The molecule has 2 aromatic rings. The van der Waals surface area contributed by atoms with E-state index in [1.54, 1.807) is 25.5 Å². The van der Waals surface area contributed by atoms with Gasteiger partial charge in [-0.1, -0.05) is 11.3 Å². The van der Waals surface area contributed by atoms with Crippen LogP contribution in [0, 0.1) is 10.8 Å². The lowest BCUT2D eigenvalue weighted by Gasteiger charge is -2.28. The Balaban J connectivity index is 0.00000220. The number of rotatable bonds is 4. The van der Waals surface area contributed by atoms with Crippen LogP contribution in [-0.4, -0.2) is 22.8 Å². The zero-order chi connectivity index (χ0) is 15.1. The second-order valence-electron chi connectivity index (χ2n) is 5.31. The third kappa shape index (κ3) is 3.08. The molecule has 1 aromatic heterocycles. The number of halogens is 1. The molecule has 0 saturated heterocycles. The van der Waals surface area contributed by atoms with E-state index in [0.29, 0.717) is 4.80 Å². The predicted molar refractivity (Wildman–Crippen MR) is 93.8 cm³/mol. The molecule has 7 heteroatoms. The number of benzene rings is 1. The van der Waals surface area contributed by atoms with E-state index in [0.717, 1.165) is 16.0 Å². The van der Waals surface area contributed by atoms with Gasteiger partial charge < -0.3 is 14.4 Å². The zero-order valence-corrected chi connectivity index (χ0v) is 15.5. The minimum atomic E-state index is -0.950. The molecule has 1 unspecified atom stereocenters. The van der Waals surface area contributed by atoms with Crippen LogP contribution in [0.1, 0.15) is 26.8 Å². The van der Waals surface area contributed by atoms with Crippen molar-refractivity contribution in [2.24, 2.45) is 5.41 Å². The molecule has 1 heterocycles. The molecule has 0 aliphatic heterocycles. The van der Waals surface area contributed by atoms with Gasteiger partial charge in [0.1, 0.15) is 5.75 Å². The second-order valence-corrected chi connectivity index (χ2v) is 6.34. The molecule has 0 bridgehead atoms. The van der Waals surface area contributed by atoms with Crippen molar-refractivity contribution in [3.8, 4) is 5.75 Å². The van der Waals surface area contributed by atoms with E-state index < -0.39 is 11.4 Å². The van der Waals surface area contributed by atoms with Crippen LogP contribution >= 0.6 is 35.3 Å². The largest absolute Gasteiger partial charge is 0.497 e. The van der Waals surface area contributed by atoms with E-state index in [1.165, 1.54) is 11.3 Å². The van der Waals surface area contributed by atoms with Gasteiger partial charge in [0, 0.05) is 6.04 Å². The fourth-order valence-electron chi connectivity index (χ4n) is 2.05. The number of carboxylic acid groups (broad SMARTS) is 1. The van der Waals surface area contributed by atoms with E-state index in [1.807, 2.05) is 25.1 Å². The summed E-state index contributed by atoms with van der Waals surface area (Å²) in [5.74, 6) is -0.138. The van der Waals surface area contributed by atoms with Gasteiger partial charge in [-0.3, -0.25) is 10.2 Å². The van der Waals surface area contributed by atoms with Crippen molar-refractivity contribution >= 4 is 51.5 Å². The van der Waals surface area contributed by atoms with Gasteiger partial charge in [0.05, 0.1) is 22.7 Å². The van der Waals surface area contributed by atoms with Gasteiger partial charge in [-0.15, -0.1) is 24.0 Å². The van der Waals surface area contributed by atoms with Gasteiger partial charge in [-0.25, -0.2) is 0 Å². The highest BCUT2D eigenvalue weighted by molar-refractivity contribution is 14.0. The number of carbonyl (C=O) groups is 1. The van der Waals surface area contributed by atoms with Gasteiger partial charge in [0.15, 0.2) is 4.80 Å². The van der Waals surface area contributed by atoms with Crippen molar-refractivity contribution in [2.45, 2.75) is 26.8 Å². The minimum Gasteiger partial charge on any atom is -0.497 e. The molecule has 0 fully saturated rings. The summed E-state index contributed by atoms with van der Waals surface area (Å²) < 4.78 is 7.87. The first-order valence-electron chi connectivity index (χ1n) is 6.26. The summed E-state index contributed by atoms with van der Waals surface area (Å²) in [5.41, 5.74) is -0.0865. The average Bonchev–Trinajstić information content (AvgIpc) is 2.72. The van der Waals surface area contributed by atoms with Crippen molar-refractivity contribution in [1.29, 1.82) is 5.41 Å². The molecule has 5 nitrogen and oxygen atoms in total. The van der Waals surface area contributed by atoms with E-state index in [4.69, 9.17) is 10.1 Å². The van der Waals surface area contributed by atoms with Gasteiger partial charge in [-0.05, 0) is 39.0 Å². The maximum absolute atomic E-state index is 11.4. The molecule has 2 N–H and O–H groups in total. The molecular weight excluding hydrogens is 403 g/mol. The summed E-state index contributed by atoms with van der Waals surface area (Å²) in [5, 5.41) is 17.5. The highest BCUT2D eigenvalue weighted by Gasteiger charge is 2.36. The van der Waals surface area contributed by atoms with Crippen molar-refractivity contribution in [1.82, 2.24) is 4.57 Å². The quantitative estimate of drug-likeness (QED) is 0.741. The first-order chi connectivity index (χ1) is 9.28. The predicted octanol–water partition coefficient (Wildman–Crippen LogP) is 3.48. The molecule has 0 amide bonds. The number of carboxylic acids is 1. The average molecular weight is 422 g/mol. The van der Waals surface area contributed by atoms with Crippen LogP contribution in [0.5, 0.6) is 5.75 Å². The Hall–Kier alpha value is -1.09. The molecule has 2 rings (SSSR count). The fraction of sp³-hybridized carbons (Fsp3) is 0.429. The van der Waals surface area contributed by atoms with Crippen LogP contribution in [0.2, 0.25) is 0 Å². The van der Waals surface area contributed by atoms with Crippen molar-refractivity contribution in [3.63, 3.8) is 0 Å². The standard InChI is InChI=1S/C14H18N2O3S.HI/c1-8(14(2,3)12(17)18)16-10-6-5-9(19-4)7-11(10)20-13(16)15;/h5-8,15H,1-4H3,(H,17,18);1H. The Kier molecular flexibility index (Phi) is 5.43. The minimum absolute atomic E-state index is 0. The van der Waals surface area contributed by atoms with Crippen LogP contribution in [0.3, 0.4) is 0 Å². The Labute approximate surface area is 144 Å². The summed E-state index contributed by atoms with van der Waals surface area (Å²) in [4.78, 5) is 11.8. The maximum Gasteiger partial charge on any atom is 0.311 e. The van der Waals surface area contributed by atoms with E-state index in [9.17, 15) is 9.90 Å². The number of aliphatic carboxylic acids is 1. The lowest BCUT2D eigenvalue weighted by Crippen LogP contribution is -2.36. The van der Waals surface area contributed by atoms with Gasteiger partial charge >= 0.3 is 5.97 Å². The van der Waals surface area contributed by atoms with E-state index >= 15 is 0 Å². The summed E-state index contributed by atoms with van der Waals surface area (Å²) in [6.45, 7) is 5.20. The Morgan fingerprint density at radius 2 is 2.10 bits per heavy atom. The van der Waals surface area contributed by atoms with Gasteiger partial charge in [-0.2, -0.15) is 0 Å². The molecular formula is C14H19IN2O3S. The number of hydrogen-bond donors (Lipinski definition) is 2. The van der Waals surface area contributed by atoms with Crippen LogP contribution in [0.15, 0.2) is 18.2 Å². The number of fused-ring (bicyclic) bond motifs is 1. The first-order valence-corrected chi connectivity index (χ1v) is 7.07. The topological polar surface area (TPSA) is 75.3 Å². The van der Waals surface area contributed by atoms with Crippen LogP contribution < -0.4 is 9.54 Å². The number of hydrogen-bond acceptors (Lipinski definition) is 4. The van der Waals surface area contributed by atoms with E-state index in [2.05, 4.69) is 0 Å². The molecule has 21 heavy (non-hydrogen) atoms. The molecule has 1 atom stereocenters. The third-order valence-corrected chi connectivity index (χ3v) is 4.77. The Morgan fingerprint density at radius 3 is 2.62 bits per heavy atom. The molecule has 0 saturated carbocycles. The Bertz CT molecular complexity index is 721. The second kappa shape index (κ2) is 6.35. The fourth-order valence-corrected chi connectivity index (χ4v) is 3.06. The van der Waals surface area contributed by atoms with E-state index in [-0.39, 0.29) is 30.0 Å². The summed E-state index contributed by atoms with van der Waals surface area (Å²) in [6.07, 6.45) is 0. The molecule has 0 radical (unpaired) electrons. The SMILES string of the molecule is COc1ccc2c(c1)sc(=N)n2C(C)C(C)(C)C(=O)O.I. The lowest BCUT2D eigenvalue weighted by molar-refractivity contribution is -0.149. The number of ether oxygens (including phenoxy) is 1. The Morgan fingerprint density at radius 1 is 1.48 bits per heavy atom. The van der Waals surface area contributed by atoms with Gasteiger partial charge in [0.25, 0.3) is 0 Å². The lowest BCUT2D eigenvalue weighted by atomic mass is 9.85. The smallest absolute Gasteiger partial charge is 0.311 e. The first kappa shape index (κ1) is 18.0. The van der Waals surface area contributed by atoms with Crippen molar-refractivity contribution < 1.29 is 14.6 Å². The number of methoxy groups -OCH3 is 1. The molecule has 0 spiro atoms. The molecule has 0 aliphatic rings. The monoisotopic (exact) mass is 422 g/mol. The third-order valence-electron chi connectivity index (χ3n) is 3.83. The van der Waals surface area contributed by atoms with Crippen LogP contribution in [0.4, 0.5) is 0 Å². The highest BCUT2D eigenvalue weighted by Crippen LogP contribution is 2.34. The van der Waals surface area contributed by atoms with Gasteiger partial charge in [0.2, 0.25) is 0 Å². The number of thiazole rings is 1. The molecule has 116 valence electrons. The summed E-state index contributed by atoms with van der Waals surface area (Å²) in [6, 6.07) is 5.24. The zero-order valence-electron chi connectivity index (χ0n) is 12.3. The normalized spacial score (nSPS) is 12.8. The number of nitrogens with zero attached hydrogens (tertiary/aromatic N) is 1. The molecule has 0 aliphatic carbocycles. The van der Waals surface area contributed by atoms with Crippen LogP contribution in [-0.2, 0) is 4.79 Å². The summed E-state index contributed by atoms with van der Waals surface area (Å²) >= 11 is 1.32. The highest BCUT2D eigenvalue weighted by atomic mass is 127. The van der Waals surface area contributed by atoms with Crippen molar-refractivity contribution in [2.75, 3.05) is 7.11 Å².